The molecule has 0 fully saturated rings. The van der Waals surface area contributed by atoms with E-state index in [1.165, 1.54) is 24.3 Å². The molecule has 5 aromatic rings. The van der Waals surface area contributed by atoms with Crippen molar-refractivity contribution in [2.45, 2.75) is 24.3 Å². The van der Waals surface area contributed by atoms with E-state index in [0.29, 0.717) is 16.1 Å². The summed E-state index contributed by atoms with van der Waals surface area (Å²) in [5.74, 6) is -2.56. The summed E-state index contributed by atoms with van der Waals surface area (Å²) in [5.41, 5.74) is 0.244. The number of amides is 1. The van der Waals surface area contributed by atoms with Gasteiger partial charge in [0.2, 0.25) is 0 Å². The summed E-state index contributed by atoms with van der Waals surface area (Å²) < 4.78 is 19.5. The number of halogens is 2. The lowest BCUT2D eigenvalue weighted by atomic mass is 9.70. The summed E-state index contributed by atoms with van der Waals surface area (Å²) in [4.78, 5) is 41.6. The topological polar surface area (TPSA) is 72.5 Å². The Balaban J connectivity index is 1.48. The van der Waals surface area contributed by atoms with Crippen molar-refractivity contribution in [1.29, 1.82) is 0 Å². The van der Waals surface area contributed by atoms with Gasteiger partial charge in [-0.2, -0.15) is 0 Å². The number of hydrogen-bond donors (Lipinski definition) is 1. The van der Waals surface area contributed by atoms with Crippen molar-refractivity contribution < 1.29 is 23.5 Å². The average molecular weight is 578 g/mol. The summed E-state index contributed by atoms with van der Waals surface area (Å²) in [6, 6.07) is 32.3. The van der Waals surface area contributed by atoms with Crippen LogP contribution in [0.2, 0.25) is 5.02 Å². The van der Waals surface area contributed by atoms with Crippen LogP contribution in [0.1, 0.15) is 44.2 Å². The Morgan fingerprint density at radius 2 is 1.50 bits per heavy atom. The second-order valence-electron chi connectivity index (χ2n) is 10.4. The zero-order valence-electron chi connectivity index (χ0n) is 22.4. The number of rotatable bonds is 7. The van der Waals surface area contributed by atoms with E-state index in [1.54, 1.807) is 24.3 Å². The van der Waals surface area contributed by atoms with Crippen LogP contribution in [0, 0.1) is 5.82 Å². The molecule has 1 amide bonds. The number of benzene rings is 5. The first-order chi connectivity index (χ1) is 20.3. The van der Waals surface area contributed by atoms with Gasteiger partial charge in [-0.25, -0.2) is 9.18 Å². The number of nitrogens with one attached hydrogen (secondary N) is 1. The van der Waals surface area contributed by atoms with Gasteiger partial charge in [-0.1, -0.05) is 78.3 Å². The fraction of sp³-hybridized carbons (Fsp3) is 0.114. The number of carbonyl (C=O) groups excluding carboxylic acids is 3. The van der Waals surface area contributed by atoms with E-state index in [1.807, 2.05) is 66.7 Å². The third-order valence-electron chi connectivity index (χ3n) is 7.74. The first-order valence-corrected chi connectivity index (χ1v) is 13.9. The van der Waals surface area contributed by atoms with Crippen molar-refractivity contribution in [3.05, 3.63) is 148 Å². The molecule has 1 aliphatic heterocycles. The number of ether oxygens (including phenoxy) is 1. The highest BCUT2D eigenvalue weighted by Gasteiger charge is 2.53. The third kappa shape index (κ3) is 5.29. The Morgan fingerprint density at radius 1 is 0.810 bits per heavy atom. The van der Waals surface area contributed by atoms with Crippen molar-refractivity contribution in [3.63, 3.8) is 0 Å². The molecular formula is C35H25ClFNO4. The number of Topliss-reactive ketones (excluding diaryl/α,β-unsaturated/α-hetero) is 1. The number of ketones is 1. The lowest BCUT2D eigenvalue weighted by molar-refractivity contribution is -0.144. The molecule has 0 saturated heterocycles. The maximum Gasteiger partial charge on any atom is 0.338 e. The standard InChI is InChI=1S/C35H25ClFNO4/c36-27-14-17-32-29(19-27)30(20-31(39)26-11-10-23-8-4-5-9-25(23)18-26)35(34(41)42-32,21-22-6-2-1-3-7-22)38-33(40)24-12-15-28(37)16-13-24/h1-19,30H,20-21H2,(H,38,40)/t30-,35+/m1/s1. The molecule has 0 unspecified atom stereocenters. The van der Waals surface area contributed by atoms with Crippen LogP contribution in [0.15, 0.2) is 115 Å². The molecular weight excluding hydrogens is 553 g/mol. The van der Waals surface area contributed by atoms with Crippen LogP contribution in [0.3, 0.4) is 0 Å². The first kappa shape index (κ1) is 27.4. The molecule has 0 bridgehead atoms. The largest absolute Gasteiger partial charge is 0.424 e. The Kier molecular flexibility index (Phi) is 7.31. The number of hydrogen-bond acceptors (Lipinski definition) is 4. The predicted molar refractivity (Wildman–Crippen MR) is 159 cm³/mol. The van der Waals surface area contributed by atoms with Crippen LogP contribution in [-0.4, -0.2) is 23.2 Å². The van der Waals surface area contributed by atoms with E-state index in [2.05, 4.69) is 5.32 Å². The van der Waals surface area contributed by atoms with Gasteiger partial charge >= 0.3 is 5.97 Å². The number of carbonyl (C=O) groups is 3. The molecule has 42 heavy (non-hydrogen) atoms. The molecule has 208 valence electrons. The lowest BCUT2D eigenvalue weighted by Gasteiger charge is -2.43. The normalized spacial score (nSPS) is 17.8. The van der Waals surface area contributed by atoms with Crippen LogP contribution < -0.4 is 10.1 Å². The van der Waals surface area contributed by atoms with Crippen LogP contribution in [0.4, 0.5) is 4.39 Å². The maximum atomic E-state index is 14.1. The minimum atomic E-state index is -1.68. The van der Waals surface area contributed by atoms with E-state index >= 15 is 0 Å². The zero-order valence-corrected chi connectivity index (χ0v) is 23.1. The van der Waals surface area contributed by atoms with Gasteiger partial charge in [-0.05, 0) is 64.9 Å². The molecule has 0 aliphatic carbocycles. The van der Waals surface area contributed by atoms with E-state index in [4.69, 9.17) is 16.3 Å². The average Bonchev–Trinajstić information content (AvgIpc) is 3.00. The Hall–Kier alpha value is -4.81. The van der Waals surface area contributed by atoms with Crippen molar-refractivity contribution in [3.8, 4) is 5.75 Å². The smallest absolute Gasteiger partial charge is 0.338 e. The molecule has 1 N–H and O–H groups in total. The summed E-state index contributed by atoms with van der Waals surface area (Å²) in [6.07, 6.45) is -0.0709. The minimum Gasteiger partial charge on any atom is -0.424 e. The zero-order chi connectivity index (χ0) is 29.3. The monoisotopic (exact) mass is 577 g/mol. The van der Waals surface area contributed by atoms with Crippen molar-refractivity contribution in [2.75, 3.05) is 0 Å². The second-order valence-corrected chi connectivity index (χ2v) is 10.8. The molecule has 1 heterocycles. The molecule has 5 nitrogen and oxygen atoms in total. The van der Waals surface area contributed by atoms with Gasteiger partial charge in [0.15, 0.2) is 5.78 Å². The highest BCUT2D eigenvalue weighted by Crippen LogP contribution is 2.45. The first-order valence-electron chi connectivity index (χ1n) is 13.5. The van der Waals surface area contributed by atoms with Crippen molar-refractivity contribution in [2.24, 2.45) is 0 Å². The molecule has 6 rings (SSSR count). The molecule has 0 radical (unpaired) electrons. The van der Waals surface area contributed by atoms with Crippen LogP contribution >= 0.6 is 11.6 Å². The molecule has 0 spiro atoms. The van der Waals surface area contributed by atoms with Crippen LogP contribution in [0.25, 0.3) is 10.8 Å². The summed E-state index contributed by atoms with van der Waals surface area (Å²) in [7, 11) is 0. The summed E-state index contributed by atoms with van der Waals surface area (Å²) in [6.45, 7) is 0. The van der Waals surface area contributed by atoms with Crippen molar-refractivity contribution in [1.82, 2.24) is 5.32 Å². The number of fused-ring (bicyclic) bond motifs is 2. The molecule has 0 saturated carbocycles. The molecule has 0 aromatic heterocycles. The molecule has 1 aliphatic rings. The van der Waals surface area contributed by atoms with Gasteiger partial charge in [0.05, 0.1) is 0 Å². The number of esters is 1. The minimum absolute atomic E-state index is 0.0429. The van der Waals surface area contributed by atoms with E-state index in [9.17, 15) is 18.8 Å². The van der Waals surface area contributed by atoms with E-state index < -0.39 is 29.2 Å². The van der Waals surface area contributed by atoms with Crippen LogP contribution in [0.5, 0.6) is 5.75 Å². The van der Waals surface area contributed by atoms with Crippen LogP contribution in [-0.2, 0) is 11.2 Å². The van der Waals surface area contributed by atoms with Gasteiger partial charge in [-0.3, -0.25) is 9.59 Å². The fourth-order valence-corrected chi connectivity index (χ4v) is 5.79. The van der Waals surface area contributed by atoms with Gasteiger partial charge in [0.25, 0.3) is 5.91 Å². The Labute approximate surface area is 246 Å². The maximum absolute atomic E-state index is 14.1. The SMILES string of the molecule is O=C(C[C@@H]1c2cc(Cl)ccc2OC(=O)[C@@]1(Cc1ccccc1)NC(=O)c1ccc(F)cc1)c1ccc2ccccc2c1. The van der Waals surface area contributed by atoms with E-state index in [0.717, 1.165) is 16.3 Å². The van der Waals surface area contributed by atoms with Gasteiger partial charge < -0.3 is 10.1 Å². The summed E-state index contributed by atoms with van der Waals surface area (Å²) >= 11 is 6.42. The third-order valence-corrected chi connectivity index (χ3v) is 7.97. The summed E-state index contributed by atoms with van der Waals surface area (Å²) in [5, 5.41) is 5.24. The Bertz CT molecular complexity index is 1820. The Morgan fingerprint density at radius 3 is 2.26 bits per heavy atom. The van der Waals surface area contributed by atoms with Gasteiger partial charge in [0, 0.05) is 40.5 Å². The molecule has 7 heteroatoms. The predicted octanol–water partition coefficient (Wildman–Crippen LogP) is 7.32. The highest BCUT2D eigenvalue weighted by atomic mass is 35.5. The van der Waals surface area contributed by atoms with Gasteiger partial charge in [0.1, 0.15) is 17.1 Å². The van der Waals surface area contributed by atoms with Gasteiger partial charge in [-0.15, -0.1) is 0 Å². The van der Waals surface area contributed by atoms with Crippen molar-refractivity contribution >= 4 is 40.0 Å². The second kappa shape index (κ2) is 11.2. The molecule has 5 aromatic carbocycles. The quantitative estimate of drug-likeness (QED) is 0.125. The lowest BCUT2D eigenvalue weighted by Crippen LogP contribution is -2.63. The highest BCUT2D eigenvalue weighted by molar-refractivity contribution is 6.30. The fourth-order valence-electron chi connectivity index (χ4n) is 5.60. The molecule has 2 atom stereocenters. The van der Waals surface area contributed by atoms with E-state index in [-0.39, 0.29) is 29.9 Å².